The van der Waals surface area contributed by atoms with Gasteiger partial charge >= 0.3 is 0 Å². The monoisotopic (exact) mass is 300 g/mol. The molecule has 0 unspecified atom stereocenters. The van der Waals surface area contributed by atoms with Gasteiger partial charge in [-0.2, -0.15) is 0 Å². The molecule has 5 heteroatoms. The fourth-order valence-corrected chi connectivity index (χ4v) is 1.88. The highest BCUT2D eigenvalue weighted by atomic mass is 79.9. The van der Waals surface area contributed by atoms with Crippen molar-refractivity contribution in [2.24, 2.45) is 0 Å². The molecule has 2 heterocycles. The van der Waals surface area contributed by atoms with Crippen molar-refractivity contribution >= 4 is 15.9 Å². The number of aromatic nitrogens is 4. The highest BCUT2D eigenvalue weighted by molar-refractivity contribution is 9.10. The van der Waals surface area contributed by atoms with Crippen LogP contribution in [0.4, 0.5) is 0 Å². The summed E-state index contributed by atoms with van der Waals surface area (Å²) in [7, 11) is 0. The van der Waals surface area contributed by atoms with Gasteiger partial charge in [-0.05, 0) is 36.4 Å². The van der Waals surface area contributed by atoms with E-state index in [1.807, 2.05) is 48.7 Å². The molecule has 0 fully saturated rings. The number of pyridine rings is 1. The summed E-state index contributed by atoms with van der Waals surface area (Å²) >= 11 is 3.40. The van der Waals surface area contributed by atoms with E-state index in [0.717, 1.165) is 21.5 Å². The Morgan fingerprint density at radius 2 is 1.78 bits per heavy atom. The van der Waals surface area contributed by atoms with Crippen molar-refractivity contribution in [3.8, 4) is 17.1 Å². The lowest BCUT2D eigenvalue weighted by Gasteiger charge is -1.98. The van der Waals surface area contributed by atoms with Gasteiger partial charge in [0.2, 0.25) is 0 Å². The van der Waals surface area contributed by atoms with Crippen LogP contribution in [0.2, 0.25) is 0 Å². The molecule has 0 N–H and O–H groups in total. The van der Waals surface area contributed by atoms with Crippen LogP contribution in [0.15, 0.2) is 59.3 Å². The van der Waals surface area contributed by atoms with Crippen LogP contribution in [0.3, 0.4) is 0 Å². The molecule has 0 bridgehead atoms. The highest BCUT2D eigenvalue weighted by Crippen LogP contribution is 2.16. The van der Waals surface area contributed by atoms with Crippen LogP contribution in [0.1, 0.15) is 0 Å². The van der Waals surface area contributed by atoms with Crippen LogP contribution in [0, 0.1) is 0 Å². The average molecular weight is 301 g/mol. The zero-order valence-electron chi connectivity index (χ0n) is 9.36. The van der Waals surface area contributed by atoms with Crippen LogP contribution in [0.5, 0.6) is 0 Å². The first-order valence-corrected chi connectivity index (χ1v) is 6.22. The normalized spacial score (nSPS) is 10.5. The molecular formula is C13H9BrN4. The molecule has 1 aromatic carbocycles. The Bertz CT molecular complexity index is 646. The lowest BCUT2D eigenvalue weighted by molar-refractivity contribution is 0.803. The second kappa shape index (κ2) is 4.70. The van der Waals surface area contributed by atoms with Crippen LogP contribution in [-0.2, 0) is 0 Å². The molecule has 0 aliphatic heterocycles. The van der Waals surface area contributed by atoms with Gasteiger partial charge in [-0.15, -0.1) is 5.10 Å². The summed E-state index contributed by atoms with van der Waals surface area (Å²) in [4.78, 5) is 4.25. The van der Waals surface area contributed by atoms with E-state index in [0.29, 0.717) is 0 Å². The lowest BCUT2D eigenvalue weighted by Crippen LogP contribution is -1.93. The van der Waals surface area contributed by atoms with Crippen LogP contribution in [-0.4, -0.2) is 20.0 Å². The largest absolute Gasteiger partial charge is 0.254 e. The first-order chi connectivity index (χ1) is 8.83. The topological polar surface area (TPSA) is 43.6 Å². The van der Waals surface area contributed by atoms with Crippen molar-refractivity contribution in [1.82, 2.24) is 20.0 Å². The molecule has 0 amide bonds. The third-order valence-corrected chi connectivity index (χ3v) is 3.04. The van der Waals surface area contributed by atoms with Gasteiger partial charge in [0.1, 0.15) is 5.69 Å². The molecule has 0 aliphatic carbocycles. The number of hydrogen-bond acceptors (Lipinski definition) is 3. The number of halogens is 1. The predicted octanol–water partition coefficient (Wildman–Crippen LogP) is 3.09. The van der Waals surface area contributed by atoms with Crippen molar-refractivity contribution in [2.45, 2.75) is 0 Å². The smallest absolute Gasteiger partial charge is 0.131 e. The number of rotatable bonds is 2. The summed E-state index contributed by atoms with van der Waals surface area (Å²) in [5, 5.41) is 8.23. The minimum atomic E-state index is 0.763. The van der Waals surface area contributed by atoms with E-state index in [1.165, 1.54) is 0 Å². The SMILES string of the molecule is Brc1ccc(-n2cc(-c3ccccn3)nn2)cc1. The van der Waals surface area contributed by atoms with Crippen LogP contribution in [0.25, 0.3) is 17.1 Å². The van der Waals surface area contributed by atoms with Crippen molar-refractivity contribution in [3.63, 3.8) is 0 Å². The van der Waals surface area contributed by atoms with E-state index >= 15 is 0 Å². The van der Waals surface area contributed by atoms with E-state index in [2.05, 4.69) is 31.2 Å². The van der Waals surface area contributed by atoms with Gasteiger partial charge in [0.05, 0.1) is 17.6 Å². The zero-order chi connectivity index (χ0) is 12.4. The summed E-state index contributed by atoms with van der Waals surface area (Å²) in [6.45, 7) is 0. The quantitative estimate of drug-likeness (QED) is 0.730. The van der Waals surface area contributed by atoms with Crippen LogP contribution >= 0.6 is 15.9 Å². The van der Waals surface area contributed by atoms with E-state index in [4.69, 9.17) is 0 Å². The minimum Gasteiger partial charge on any atom is -0.254 e. The Morgan fingerprint density at radius 1 is 0.944 bits per heavy atom. The van der Waals surface area contributed by atoms with Crippen molar-refractivity contribution in [2.75, 3.05) is 0 Å². The van der Waals surface area contributed by atoms with Gasteiger partial charge in [0, 0.05) is 10.7 Å². The maximum absolute atomic E-state index is 4.25. The molecule has 3 rings (SSSR count). The molecule has 0 saturated heterocycles. The summed E-state index contributed by atoms with van der Waals surface area (Å²) < 4.78 is 2.77. The second-order valence-electron chi connectivity index (χ2n) is 3.74. The van der Waals surface area contributed by atoms with E-state index in [9.17, 15) is 0 Å². The van der Waals surface area contributed by atoms with Crippen molar-refractivity contribution < 1.29 is 0 Å². The Kier molecular flexibility index (Phi) is 2.90. The van der Waals surface area contributed by atoms with Crippen LogP contribution < -0.4 is 0 Å². The Hall–Kier alpha value is -2.01. The number of benzene rings is 1. The molecule has 4 nitrogen and oxygen atoms in total. The average Bonchev–Trinajstić information content (AvgIpc) is 2.90. The fourth-order valence-electron chi connectivity index (χ4n) is 1.62. The molecule has 3 aromatic rings. The molecular weight excluding hydrogens is 292 g/mol. The molecule has 0 saturated carbocycles. The number of hydrogen-bond donors (Lipinski definition) is 0. The van der Waals surface area contributed by atoms with Gasteiger partial charge in [-0.1, -0.05) is 27.2 Å². The van der Waals surface area contributed by atoms with E-state index < -0.39 is 0 Å². The van der Waals surface area contributed by atoms with Crippen molar-refractivity contribution in [3.05, 3.63) is 59.3 Å². The van der Waals surface area contributed by atoms with E-state index in [1.54, 1.807) is 10.9 Å². The van der Waals surface area contributed by atoms with Gasteiger partial charge in [-0.3, -0.25) is 4.98 Å². The molecule has 88 valence electrons. The summed E-state index contributed by atoms with van der Waals surface area (Å²) in [5.74, 6) is 0. The molecule has 2 aromatic heterocycles. The molecule has 0 spiro atoms. The number of nitrogens with zero attached hydrogens (tertiary/aromatic N) is 4. The summed E-state index contributed by atoms with van der Waals surface area (Å²) in [6, 6.07) is 13.6. The molecule has 0 aliphatic rings. The summed E-state index contributed by atoms with van der Waals surface area (Å²) in [6.07, 6.45) is 3.61. The highest BCUT2D eigenvalue weighted by Gasteiger charge is 2.05. The van der Waals surface area contributed by atoms with Gasteiger partial charge < -0.3 is 0 Å². The third kappa shape index (κ3) is 2.17. The fraction of sp³-hybridized carbons (Fsp3) is 0. The third-order valence-electron chi connectivity index (χ3n) is 2.51. The standard InChI is InChI=1S/C13H9BrN4/c14-10-4-6-11(7-5-10)18-9-13(16-17-18)12-3-1-2-8-15-12/h1-9H. The first-order valence-electron chi connectivity index (χ1n) is 5.42. The Morgan fingerprint density at radius 3 is 2.50 bits per heavy atom. The predicted molar refractivity (Wildman–Crippen MR) is 72.3 cm³/mol. The van der Waals surface area contributed by atoms with Gasteiger partial charge in [0.25, 0.3) is 0 Å². The first kappa shape index (κ1) is 11.1. The Balaban J connectivity index is 1.97. The Labute approximate surface area is 112 Å². The maximum atomic E-state index is 4.25. The second-order valence-corrected chi connectivity index (χ2v) is 4.66. The molecule has 18 heavy (non-hydrogen) atoms. The van der Waals surface area contributed by atoms with Crippen molar-refractivity contribution in [1.29, 1.82) is 0 Å². The zero-order valence-corrected chi connectivity index (χ0v) is 10.9. The molecule has 0 radical (unpaired) electrons. The minimum absolute atomic E-state index is 0.763. The molecule has 0 atom stereocenters. The van der Waals surface area contributed by atoms with Gasteiger partial charge in [-0.25, -0.2) is 4.68 Å². The van der Waals surface area contributed by atoms with Gasteiger partial charge in [0.15, 0.2) is 0 Å². The summed E-state index contributed by atoms with van der Waals surface area (Å²) in [5.41, 5.74) is 2.55. The van der Waals surface area contributed by atoms with E-state index in [-0.39, 0.29) is 0 Å². The lowest BCUT2D eigenvalue weighted by atomic mass is 10.3. The maximum Gasteiger partial charge on any atom is 0.131 e.